The Morgan fingerprint density at radius 2 is 1.50 bits per heavy atom. The number of aryl methyl sites for hydroxylation is 1. The van der Waals surface area contributed by atoms with E-state index in [9.17, 15) is 0 Å². The minimum absolute atomic E-state index is 0.226. The van der Waals surface area contributed by atoms with Crippen LogP contribution in [-0.2, 0) is 11.8 Å². The average molecular weight is 294 g/mol. The highest BCUT2D eigenvalue weighted by Gasteiger charge is 2.21. The lowest BCUT2D eigenvalue weighted by atomic mass is 9.78. The molecule has 22 heavy (non-hydrogen) atoms. The molecule has 0 aromatic heterocycles. The summed E-state index contributed by atoms with van der Waals surface area (Å²) < 4.78 is 0. The summed E-state index contributed by atoms with van der Waals surface area (Å²) in [6.07, 6.45) is 4.95. The maximum atomic E-state index is 2.34. The SMILES string of the molecule is CCC(CCCc1ccccc1)c1ccccc1C(C)(C)C. The first kappa shape index (κ1) is 16.8. The normalized spacial score (nSPS) is 13.1. The number of hydrogen-bond donors (Lipinski definition) is 0. The average Bonchev–Trinajstić information content (AvgIpc) is 2.52. The fourth-order valence-corrected chi connectivity index (χ4v) is 3.31. The topological polar surface area (TPSA) is 0 Å². The van der Waals surface area contributed by atoms with E-state index in [1.165, 1.54) is 36.8 Å². The molecule has 2 aromatic rings. The van der Waals surface area contributed by atoms with Crippen LogP contribution in [0.15, 0.2) is 54.6 Å². The molecular formula is C22H30. The van der Waals surface area contributed by atoms with Gasteiger partial charge in [0.15, 0.2) is 0 Å². The van der Waals surface area contributed by atoms with Gasteiger partial charge in [0.25, 0.3) is 0 Å². The second-order valence-corrected chi connectivity index (χ2v) is 7.32. The van der Waals surface area contributed by atoms with E-state index in [4.69, 9.17) is 0 Å². The molecular weight excluding hydrogens is 264 g/mol. The van der Waals surface area contributed by atoms with Gasteiger partial charge in [0, 0.05) is 0 Å². The first-order chi connectivity index (χ1) is 10.5. The molecule has 118 valence electrons. The highest BCUT2D eigenvalue weighted by atomic mass is 14.3. The van der Waals surface area contributed by atoms with Crippen LogP contribution in [0.1, 0.15) is 69.6 Å². The maximum Gasteiger partial charge on any atom is -0.0129 e. The predicted octanol–water partition coefficient (Wildman–Crippen LogP) is 6.50. The van der Waals surface area contributed by atoms with Crippen LogP contribution in [0.2, 0.25) is 0 Å². The van der Waals surface area contributed by atoms with Crippen molar-refractivity contribution >= 4 is 0 Å². The molecule has 2 rings (SSSR count). The van der Waals surface area contributed by atoms with Crippen molar-refractivity contribution < 1.29 is 0 Å². The van der Waals surface area contributed by atoms with Gasteiger partial charge in [-0.25, -0.2) is 0 Å². The van der Waals surface area contributed by atoms with Crippen LogP contribution < -0.4 is 0 Å². The maximum absolute atomic E-state index is 2.34. The summed E-state index contributed by atoms with van der Waals surface area (Å²) in [5.74, 6) is 0.680. The van der Waals surface area contributed by atoms with Gasteiger partial charge in [0.2, 0.25) is 0 Å². The van der Waals surface area contributed by atoms with Gasteiger partial charge in [0.1, 0.15) is 0 Å². The zero-order valence-corrected chi connectivity index (χ0v) is 14.6. The third-order valence-electron chi connectivity index (χ3n) is 4.56. The molecule has 1 atom stereocenters. The van der Waals surface area contributed by atoms with E-state index in [-0.39, 0.29) is 5.41 Å². The number of hydrogen-bond acceptors (Lipinski definition) is 0. The Labute approximate surface area is 136 Å². The standard InChI is InChI=1S/C22H30/c1-5-19(15-11-14-18-12-7-6-8-13-18)20-16-9-10-17-21(20)22(2,3)4/h6-10,12-13,16-17,19H,5,11,14-15H2,1-4H3. The van der Waals surface area contributed by atoms with Crippen LogP contribution >= 0.6 is 0 Å². The van der Waals surface area contributed by atoms with Crippen molar-refractivity contribution in [3.8, 4) is 0 Å². The van der Waals surface area contributed by atoms with E-state index >= 15 is 0 Å². The third kappa shape index (κ3) is 4.47. The smallest absolute Gasteiger partial charge is 0.0129 e. The lowest BCUT2D eigenvalue weighted by molar-refractivity contribution is 0.535. The van der Waals surface area contributed by atoms with Crippen molar-refractivity contribution in [2.75, 3.05) is 0 Å². The predicted molar refractivity (Wildman–Crippen MR) is 97.6 cm³/mol. The van der Waals surface area contributed by atoms with Crippen LogP contribution in [0.5, 0.6) is 0 Å². The lowest BCUT2D eigenvalue weighted by Crippen LogP contribution is -2.16. The molecule has 0 radical (unpaired) electrons. The first-order valence-electron chi connectivity index (χ1n) is 8.65. The van der Waals surface area contributed by atoms with E-state index in [0.717, 1.165) is 0 Å². The molecule has 0 heteroatoms. The van der Waals surface area contributed by atoms with E-state index in [1.54, 1.807) is 5.56 Å². The summed E-state index contributed by atoms with van der Waals surface area (Å²) in [5.41, 5.74) is 4.76. The molecule has 0 nitrogen and oxygen atoms in total. The van der Waals surface area contributed by atoms with Crippen LogP contribution in [0.4, 0.5) is 0 Å². The van der Waals surface area contributed by atoms with Gasteiger partial charge in [-0.2, -0.15) is 0 Å². The molecule has 0 heterocycles. The van der Waals surface area contributed by atoms with Crippen LogP contribution in [-0.4, -0.2) is 0 Å². The van der Waals surface area contributed by atoms with Crippen LogP contribution in [0, 0.1) is 0 Å². The Morgan fingerprint density at radius 3 is 2.14 bits per heavy atom. The van der Waals surface area contributed by atoms with Crippen molar-refractivity contribution in [1.29, 1.82) is 0 Å². The summed E-state index contributed by atoms with van der Waals surface area (Å²) in [5, 5.41) is 0. The minimum Gasteiger partial charge on any atom is -0.0648 e. The van der Waals surface area contributed by atoms with E-state index in [1.807, 2.05) is 0 Å². The molecule has 0 aliphatic carbocycles. The van der Waals surface area contributed by atoms with Crippen molar-refractivity contribution in [3.63, 3.8) is 0 Å². The van der Waals surface area contributed by atoms with Crippen molar-refractivity contribution in [2.24, 2.45) is 0 Å². The highest BCUT2D eigenvalue weighted by molar-refractivity contribution is 5.35. The van der Waals surface area contributed by atoms with Gasteiger partial charge in [-0.3, -0.25) is 0 Å². The quantitative estimate of drug-likeness (QED) is 0.570. The van der Waals surface area contributed by atoms with Crippen molar-refractivity contribution in [3.05, 3.63) is 71.3 Å². The van der Waals surface area contributed by atoms with Crippen molar-refractivity contribution in [1.82, 2.24) is 0 Å². The van der Waals surface area contributed by atoms with Gasteiger partial charge in [-0.15, -0.1) is 0 Å². The molecule has 0 spiro atoms. The van der Waals surface area contributed by atoms with Gasteiger partial charge in [-0.05, 0) is 53.7 Å². The van der Waals surface area contributed by atoms with E-state index in [2.05, 4.69) is 82.3 Å². The van der Waals surface area contributed by atoms with Gasteiger partial charge >= 0.3 is 0 Å². The third-order valence-corrected chi connectivity index (χ3v) is 4.56. The second-order valence-electron chi connectivity index (χ2n) is 7.32. The molecule has 0 aliphatic rings. The fourth-order valence-electron chi connectivity index (χ4n) is 3.31. The first-order valence-corrected chi connectivity index (χ1v) is 8.65. The summed E-state index contributed by atoms with van der Waals surface area (Å²) in [7, 11) is 0. The monoisotopic (exact) mass is 294 g/mol. The van der Waals surface area contributed by atoms with Crippen LogP contribution in [0.25, 0.3) is 0 Å². The highest BCUT2D eigenvalue weighted by Crippen LogP contribution is 2.34. The zero-order chi connectivity index (χ0) is 16.0. The Balaban J connectivity index is 2.06. The van der Waals surface area contributed by atoms with Gasteiger partial charge < -0.3 is 0 Å². The number of rotatable bonds is 6. The molecule has 0 fully saturated rings. The minimum atomic E-state index is 0.226. The summed E-state index contributed by atoms with van der Waals surface area (Å²) in [6, 6.07) is 19.9. The Hall–Kier alpha value is -1.56. The molecule has 2 aromatic carbocycles. The summed E-state index contributed by atoms with van der Waals surface area (Å²) in [6.45, 7) is 9.29. The summed E-state index contributed by atoms with van der Waals surface area (Å²) in [4.78, 5) is 0. The Kier molecular flexibility index (Phi) is 5.83. The summed E-state index contributed by atoms with van der Waals surface area (Å²) >= 11 is 0. The van der Waals surface area contributed by atoms with Gasteiger partial charge in [-0.1, -0.05) is 82.3 Å². The molecule has 0 aliphatic heterocycles. The molecule has 1 unspecified atom stereocenters. The molecule has 0 saturated heterocycles. The molecule has 0 N–H and O–H groups in total. The molecule has 0 saturated carbocycles. The Morgan fingerprint density at radius 1 is 0.864 bits per heavy atom. The zero-order valence-electron chi connectivity index (χ0n) is 14.6. The molecule has 0 bridgehead atoms. The van der Waals surface area contributed by atoms with E-state index in [0.29, 0.717) is 5.92 Å². The number of benzene rings is 2. The second kappa shape index (κ2) is 7.63. The van der Waals surface area contributed by atoms with E-state index < -0.39 is 0 Å². The van der Waals surface area contributed by atoms with Crippen LogP contribution in [0.3, 0.4) is 0 Å². The van der Waals surface area contributed by atoms with Crippen molar-refractivity contribution in [2.45, 2.75) is 64.7 Å². The largest absolute Gasteiger partial charge is 0.0648 e. The fraction of sp³-hybridized carbons (Fsp3) is 0.455. The lowest BCUT2D eigenvalue weighted by Gasteiger charge is -2.27. The Bertz CT molecular complexity index is 560. The molecule has 0 amide bonds. The van der Waals surface area contributed by atoms with Gasteiger partial charge in [0.05, 0.1) is 0 Å².